The van der Waals surface area contributed by atoms with Crippen molar-refractivity contribution in [2.24, 2.45) is 5.73 Å². The van der Waals surface area contributed by atoms with Gasteiger partial charge in [-0.25, -0.2) is 4.79 Å². The van der Waals surface area contributed by atoms with E-state index in [0.29, 0.717) is 24.3 Å². The van der Waals surface area contributed by atoms with Crippen LogP contribution < -0.4 is 16.4 Å². The molecule has 0 heterocycles. The van der Waals surface area contributed by atoms with E-state index in [2.05, 4.69) is 15.4 Å². The molecular weight excluding hydrogens is 258 g/mol. The Bertz CT molecular complexity index is 432. The predicted molar refractivity (Wildman–Crippen MR) is 78.6 cm³/mol. The number of unbranched alkanes of at least 4 members (excludes halogenated alkanes) is 2. The molecule has 0 saturated carbocycles. The smallest absolute Gasteiger partial charge is 0.411 e. The summed E-state index contributed by atoms with van der Waals surface area (Å²) in [5.41, 5.74) is 6.70. The zero-order valence-electron chi connectivity index (χ0n) is 11.6. The van der Waals surface area contributed by atoms with Crippen LogP contribution in [0.2, 0.25) is 0 Å². The van der Waals surface area contributed by atoms with Crippen molar-refractivity contribution in [3.63, 3.8) is 0 Å². The first-order valence-electron chi connectivity index (χ1n) is 6.60. The van der Waals surface area contributed by atoms with Crippen molar-refractivity contribution >= 4 is 23.4 Å². The van der Waals surface area contributed by atoms with Crippen molar-refractivity contribution in [1.29, 1.82) is 0 Å². The van der Waals surface area contributed by atoms with Crippen molar-refractivity contribution in [2.45, 2.75) is 25.7 Å². The zero-order valence-corrected chi connectivity index (χ0v) is 11.6. The van der Waals surface area contributed by atoms with Crippen molar-refractivity contribution < 1.29 is 14.3 Å². The molecule has 0 spiro atoms. The SMILES string of the molecule is COC(=O)Nc1ccc(NC(=O)CCCCCN)cc1. The second kappa shape index (κ2) is 8.92. The standard InChI is InChI=1S/C14H21N3O3/c1-20-14(19)17-12-8-6-11(7-9-12)16-13(18)5-3-2-4-10-15/h6-9H,2-5,10,15H2,1H3,(H,16,18)(H,17,19). The Morgan fingerprint density at radius 3 is 2.20 bits per heavy atom. The van der Waals surface area contributed by atoms with Crippen LogP contribution in [0.5, 0.6) is 0 Å². The third-order valence-electron chi connectivity index (χ3n) is 2.71. The number of carbonyl (C=O) groups is 2. The number of ether oxygens (including phenoxy) is 1. The number of methoxy groups -OCH3 is 1. The van der Waals surface area contributed by atoms with Gasteiger partial charge in [-0.05, 0) is 43.7 Å². The van der Waals surface area contributed by atoms with Crippen molar-refractivity contribution in [3.8, 4) is 0 Å². The average Bonchev–Trinajstić information content (AvgIpc) is 2.45. The monoisotopic (exact) mass is 279 g/mol. The molecule has 1 aromatic carbocycles. The van der Waals surface area contributed by atoms with E-state index in [1.807, 2.05) is 0 Å². The molecule has 0 aliphatic heterocycles. The fourth-order valence-electron chi connectivity index (χ4n) is 1.64. The second-order valence-electron chi connectivity index (χ2n) is 4.34. The van der Waals surface area contributed by atoms with Crippen LogP contribution in [0.4, 0.5) is 16.2 Å². The molecule has 0 saturated heterocycles. The van der Waals surface area contributed by atoms with E-state index in [9.17, 15) is 9.59 Å². The summed E-state index contributed by atoms with van der Waals surface area (Å²) in [4.78, 5) is 22.7. The highest BCUT2D eigenvalue weighted by Gasteiger charge is 2.03. The fraction of sp³-hybridized carbons (Fsp3) is 0.429. The average molecular weight is 279 g/mol. The predicted octanol–water partition coefficient (Wildman–Crippen LogP) is 2.32. The van der Waals surface area contributed by atoms with Crippen LogP contribution in [0.3, 0.4) is 0 Å². The molecule has 6 heteroatoms. The Labute approximate surface area is 118 Å². The maximum absolute atomic E-state index is 11.7. The molecule has 1 aromatic rings. The molecule has 0 fully saturated rings. The number of benzene rings is 1. The van der Waals surface area contributed by atoms with Gasteiger partial charge in [-0.2, -0.15) is 0 Å². The Kier molecular flexibility index (Phi) is 7.13. The first-order chi connectivity index (χ1) is 9.65. The highest BCUT2D eigenvalue weighted by molar-refractivity contribution is 5.91. The minimum Gasteiger partial charge on any atom is -0.453 e. The number of carbonyl (C=O) groups excluding carboxylic acids is 2. The van der Waals surface area contributed by atoms with Gasteiger partial charge in [0.05, 0.1) is 7.11 Å². The van der Waals surface area contributed by atoms with Gasteiger partial charge in [-0.1, -0.05) is 6.42 Å². The molecule has 1 rings (SSSR count). The van der Waals surface area contributed by atoms with Crippen molar-refractivity contribution in [3.05, 3.63) is 24.3 Å². The number of rotatable bonds is 7. The third-order valence-corrected chi connectivity index (χ3v) is 2.71. The first kappa shape index (κ1) is 16.0. The van der Waals surface area contributed by atoms with Crippen molar-refractivity contribution in [1.82, 2.24) is 0 Å². The molecule has 0 aliphatic rings. The number of nitrogens with two attached hydrogens (primary N) is 1. The normalized spacial score (nSPS) is 9.90. The number of nitrogens with one attached hydrogen (secondary N) is 2. The number of amides is 2. The molecule has 0 aromatic heterocycles. The van der Waals surface area contributed by atoms with Gasteiger partial charge < -0.3 is 15.8 Å². The maximum Gasteiger partial charge on any atom is 0.411 e. The summed E-state index contributed by atoms with van der Waals surface area (Å²) in [6.45, 7) is 0.663. The van der Waals surface area contributed by atoms with Crippen LogP contribution in [0.25, 0.3) is 0 Å². The van der Waals surface area contributed by atoms with Crippen molar-refractivity contribution in [2.75, 3.05) is 24.3 Å². The lowest BCUT2D eigenvalue weighted by molar-refractivity contribution is -0.116. The summed E-state index contributed by atoms with van der Waals surface area (Å²) < 4.78 is 4.48. The van der Waals surface area contributed by atoms with E-state index in [1.54, 1.807) is 24.3 Å². The third kappa shape index (κ3) is 6.19. The Balaban J connectivity index is 2.37. The Morgan fingerprint density at radius 2 is 1.65 bits per heavy atom. The number of hydrogen-bond donors (Lipinski definition) is 3. The Hall–Kier alpha value is -2.08. The van der Waals surface area contributed by atoms with Gasteiger partial charge in [-0.3, -0.25) is 10.1 Å². The topological polar surface area (TPSA) is 93.5 Å². The maximum atomic E-state index is 11.7. The molecule has 0 aliphatic carbocycles. The van der Waals surface area contributed by atoms with E-state index in [-0.39, 0.29) is 5.91 Å². The van der Waals surface area contributed by atoms with E-state index in [4.69, 9.17) is 5.73 Å². The molecular formula is C14H21N3O3. The molecule has 0 unspecified atom stereocenters. The number of hydrogen-bond acceptors (Lipinski definition) is 4. The zero-order chi connectivity index (χ0) is 14.8. The van der Waals surface area contributed by atoms with Gasteiger partial charge in [0.1, 0.15) is 0 Å². The van der Waals surface area contributed by atoms with E-state index in [1.165, 1.54) is 7.11 Å². The molecule has 2 amide bonds. The highest BCUT2D eigenvalue weighted by atomic mass is 16.5. The van der Waals surface area contributed by atoms with Gasteiger partial charge in [-0.15, -0.1) is 0 Å². The molecule has 0 atom stereocenters. The highest BCUT2D eigenvalue weighted by Crippen LogP contribution is 2.14. The molecule has 20 heavy (non-hydrogen) atoms. The van der Waals surface area contributed by atoms with Gasteiger partial charge in [0, 0.05) is 17.8 Å². The first-order valence-corrected chi connectivity index (χ1v) is 6.60. The van der Waals surface area contributed by atoms with Gasteiger partial charge in [0.25, 0.3) is 0 Å². The van der Waals surface area contributed by atoms with E-state index < -0.39 is 6.09 Å². The van der Waals surface area contributed by atoms with E-state index >= 15 is 0 Å². The lowest BCUT2D eigenvalue weighted by atomic mass is 10.2. The van der Waals surface area contributed by atoms with Gasteiger partial charge >= 0.3 is 6.09 Å². The summed E-state index contributed by atoms with van der Waals surface area (Å²) in [6.07, 6.45) is 2.71. The molecule has 0 bridgehead atoms. The van der Waals surface area contributed by atoms with Crippen LogP contribution in [0.15, 0.2) is 24.3 Å². The van der Waals surface area contributed by atoms with Gasteiger partial charge in [0.2, 0.25) is 5.91 Å². The summed E-state index contributed by atoms with van der Waals surface area (Å²) >= 11 is 0. The van der Waals surface area contributed by atoms with E-state index in [0.717, 1.165) is 19.3 Å². The number of anilines is 2. The van der Waals surface area contributed by atoms with Crippen LogP contribution in [0.1, 0.15) is 25.7 Å². The van der Waals surface area contributed by atoms with Crippen LogP contribution in [-0.2, 0) is 9.53 Å². The molecule has 110 valence electrons. The fourth-order valence-corrected chi connectivity index (χ4v) is 1.64. The minimum absolute atomic E-state index is 0.0179. The Morgan fingerprint density at radius 1 is 1.05 bits per heavy atom. The summed E-state index contributed by atoms with van der Waals surface area (Å²) in [5, 5.41) is 5.33. The summed E-state index contributed by atoms with van der Waals surface area (Å²) in [7, 11) is 1.30. The summed E-state index contributed by atoms with van der Waals surface area (Å²) in [6, 6.07) is 6.84. The quantitative estimate of drug-likeness (QED) is 0.668. The lowest BCUT2D eigenvalue weighted by Crippen LogP contribution is -2.12. The molecule has 6 nitrogen and oxygen atoms in total. The van der Waals surface area contributed by atoms with Crippen LogP contribution in [-0.4, -0.2) is 25.7 Å². The largest absolute Gasteiger partial charge is 0.453 e. The lowest BCUT2D eigenvalue weighted by Gasteiger charge is -2.07. The summed E-state index contributed by atoms with van der Waals surface area (Å²) in [5.74, 6) is -0.0179. The molecule has 0 radical (unpaired) electrons. The van der Waals surface area contributed by atoms with Crippen LogP contribution >= 0.6 is 0 Å². The van der Waals surface area contributed by atoms with Gasteiger partial charge in [0.15, 0.2) is 0 Å². The van der Waals surface area contributed by atoms with Crippen LogP contribution in [0, 0.1) is 0 Å². The minimum atomic E-state index is -0.526. The molecule has 4 N–H and O–H groups in total. The second-order valence-corrected chi connectivity index (χ2v) is 4.34.